The number of carbonyl (C=O) groups is 3. The third-order valence-electron chi connectivity index (χ3n) is 5.66. The first kappa shape index (κ1) is 23.2. The van der Waals surface area contributed by atoms with Gasteiger partial charge in [0.25, 0.3) is 0 Å². The standard InChI is InChI=1S/C25H27BrO5/c1-16(2)7-6-8-17(3)13-22-25(15-23(28)31-22)14-18(11-12-21(25)27)30-24(29)19-9-4-5-10-20(19)26/h4-5,7,9-13,18,22H,6,8,14-15H2,1-3H3/b17-13+/t18-,22-,25?/m1/s1. The second-order valence-corrected chi connectivity index (χ2v) is 9.28. The third kappa shape index (κ3) is 5.42. The van der Waals surface area contributed by atoms with Crippen molar-refractivity contribution in [1.82, 2.24) is 0 Å². The van der Waals surface area contributed by atoms with Crippen LogP contribution in [-0.4, -0.2) is 29.9 Å². The minimum atomic E-state index is -1.04. The maximum absolute atomic E-state index is 12.9. The average molecular weight is 487 g/mol. The zero-order chi connectivity index (χ0) is 22.6. The predicted octanol–water partition coefficient (Wildman–Crippen LogP) is 5.50. The van der Waals surface area contributed by atoms with Crippen molar-refractivity contribution < 1.29 is 23.9 Å². The molecule has 1 heterocycles. The summed E-state index contributed by atoms with van der Waals surface area (Å²) in [4.78, 5) is 37.7. The molecule has 0 aromatic heterocycles. The Morgan fingerprint density at radius 1 is 1.26 bits per heavy atom. The van der Waals surface area contributed by atoms with E-state index in [0.717, 1.165) is 18.4 Å². The van der Waals surface area contributed by atoms with Gasteiger partial charge in [0.05, 0.1) is 17.4 Å². The summed E-state index contributed by atoms with van der Waals surface area (Å²) < 4.78 is 11.9. The van der Waals surface area contributed by atoms with Crippen LogP contribution in [0.2, 0.25) is 0 Å². The Balaban J connectivity index is 1.78. The number of hydrogen-bond donors (Lipinski definition) is 0. The molecule has 0 radical (unpaired) electrons. The van der Waals surface area contributed by atoms with Gasteiger partial charge in [-0.25, -0.2) is 4.79 Å². The monoisotopic (exact) mass is 486 g/mol. The lowest BCUT2D eigenvalue weighted by Crippen LogP contribution is -2.43. The summed E-state index contributed by atoms with van der Waals surface area (Å²) in [6, 6.07) is 7.00. The van der Waals surface area contributed by atoms with Crippen molar-refractivity contribution in [2.75, 3.05) is 0 Å². The zero-order valence-electron chi connectivity index (χ0n) is 18.0. The number of allylic oxidation sites excluding steroid dienone is 4. The minimum absolute atomic E-state index is 0.0122. The van der Waals surface area contributed by atoms with Crippen LogP contribution in [0.3, 0.4) is 0 Å². The van der Waals surface area contributed by atoms with E-state index in [1.807, 2.05) is 19.1 Å². The lowest BCUT2D eigenvalue weighted by Gasteiger charge is -2.34. The van der Waals surface area contributed by atoms with E-state index >= 15 is 0 Å². The predicted molar refractivity (Wildman–Crippen MR) is 121 cm³/mol. The van der Waals surface area contributed by atoms with E-state index in [9.17, 15) is 14.4 Å². The highest BCUT2D eigenvalue weighted by Gasteiger charge is 2.55. The molecular formula is C25H27BrO5. The molecule has 6 heteroatoms. The largest absolute Gasteiger partial charge is 0.457 e. The molecule has 1 fully saturated rings. The van der Waals surface area contributed by atoms with Gasteiger partial charge in [-0.05, 0) is 79.9 Å². The zero-order valence-corrected chi connectivity index (χ0v) is 19.6. The Morgan fingerprint density at radius 3 is 2.71 bits per heavy atom. The van der Waals surface area contributed by atoms with E-state index in [1.54, 1.807) is 24.3 Å². The summed E-state index contributed by atoms with van der Waals surface area (Å²) in [5, 5.41) is 0. The Morgan fingerprint density at radius 2 is 2.00 bits per heavy atom. The fourth-order valence-electron chi connectivity index (χ4n) is 3.99. The normalized spacial score (nSPS) is 25.5. The molecule has 31 heavy (non-hydrogen) atoms. The molecule has 3 rings (SSSR count). The lowest BCUT2D eigenvalue weighted by atomic mass is 9.69. The highest BCUT2D eigenvalue weighted by atomic mass is 79.9. The van der Waals surface area contributed by atoms with Gasteiger partial charge in [0, 0.05) is 10.9 Å². The smallest absolute Gasteiger partial charge is 0.339 e. The van der Waals surface area contributed by atoms with Gasteiger partial charge in [-0.15, -0.1) is 0 Å². The third-order valence-corrected chi connectivity index (χ3v) is 6.35. The molecule has 5 nitrogen and oxygen atoms in total. The minimum Gasteiger partial charge on any atom is -0.457 e. The van der Waals surface area contributed by atoms with Crippen molar-refractivity contribution in [2.45, 2.75) is 58.7 Å². The number of rotatable bonds is 6. The highest BCUT2D eigenvalue weighted by molar-refractivity contribution is 9.10. The van der Waals surface area contributed by atoms with Crippen molar-refractivity contribution in [3.05, 3.63) is 69.8 Å². The first-order valence-electron chi connectivity index (χ1n) is 10.4. The molecule has 1 aromatic carbocycles. The molecule has 164 valence electrons. The molecule has 1 aliphatic heterocycles. The first-order chi connectivity index (χ1) is 14.7. The second kappa shape index (κ2) is 9.77. The molecule has 1 aliphatic carbocycles. The van der Waals surface area contributed by atoms with Crippen LogP contribution in [0.25, 0.3) is 0 Å². The number of halogens is 1. The molecule has 0 N–H and O–H groups in total. The van der Waals surface area contributed by atoms with E-state index in [-0.39, 0.29) is 18.6 Å². The molecule has 3 atom stereocenters. The molecule has 2 aliphatic rings. The summed E-state index contributed by atoms with van der Waals surface area (Å²) in [7, 11) is 0. The quantitative estimate of drug-likeness (QED) is 0.392. The van der Waals surface area contributed by atoms with Crippen molar-refractivity contribution in [2.24, 2.45) is 5.41 Å². The van der Waals surface area contributed by atoms with Gasteiger partial charge in [0.15, 0.2) is 5.78 Å². The van der Waals surface area contributed by atoms with Gasteiger partial charge in [-0.2, -0.15) is 0 Å². The summed E-state index contributed by atoms with van der Waals surface area (Å²) in [5.41, 5.74) is 1.68. The fourth-order valence-corrected chi connectivity index (χ4v) is 4.44. The number of ether oxygens (including phenoxy) is 2. The second-order valence-electron chi connectivity index (χ2n) is 8.43. The van der Waals surface area contributed by atoms with Crippen LogP contribution in [0.5, 0.6) is 0 Å². The highest BCUT2D eigenvalue weighted by Crippen LogP contribution is 2.45. The topological polar surface area (TPSA) is 69.7 Å². The van der Waals surface area contributed by atoms with E-state index in [4.69, 9.17) is 9.47 Å². The lowest BCUT2D eigenvalue weighted by molar-refractivity contribution is -0.140. The summed E-state index contributed by atoms with van der Waals surface area (Å²) in [5.74, 6) is -1.05. The molecule has 1 unspecified atom stereocenters. The Labute approximate surface area is 191 Å². The molecule has 0 amide bonds. The number of cyclic esters (lactones) is 1. The first-order valence-corrected chi connectivity index (χ1v) is 11.2. The maximum atomic E-state index is 12.9. The SMILES string of the molecule is CC(C)=CCC/C(C)=C/[C@H]1OC(=O)CC12C[C@H](OC(=O)c1ccccc1Br)C=CC2=O. The number of ketones is 1. The van der Waals surface area contributed by atoms with Crippen LogP contribution < -0.4 is 0 Å². The van der Waals surface area contributed by atoms with Gasteiger partial charge in [-0.3, -0.25) is 9.59 Å². The average Bonchev–Trinajstić information content (AvgIpc) is 3.00. The van der Waals surface area contributed by atoms with Crippen LogP contribution in [0.15, 0.2) is 64.2 Å². The van der Waals surface area contributed by atoms with Crippen LogP contribution in [0, 0.1) is 5.41 Å². The summed E-state index contributed by atoms with van der Waals surface area (Å²) in [6.45, 7) is 6.08. The number of hydrogen-bond acceptors (Lipinski definition) is 5. The van der Waals surface area contributed by atoms with E-state index in [1.165, 1.54) is 11.6 Å². The molecule has 1 spiro atoms. The van der Waals surface area contributed by atoms with Gasteiger partial charge in [0.1, 0.15) is 12.2 Å². The molecule has 0 bridgehead atoms. The number of esters is 2. The van der Waals surface area contributed by atoms with Crippen molar-refractivity contribution in [1.29, 1.82) is 0 Å². The van der Waals surface area contributed by atoms with E-state index in [0.29, 0.717) is 10.0 Å². The van der Waals surface area contributed by atoms with E-state index in [2.05, 4.69) is 35.9 Å². The van der Waals surface area contributed by atoms with E-state index < -0.39 is 29.6 Å². The van der Waals surface area contributed by atoms with Crippen molar-refractivity contribution in [3.63, 3.8) is 0 Å². The fraction of sp³-hybridized carbons (Fsp3) is 0.400. The molecule has 1 saturated heterocycles. The van der Waals surface area contributed by atoms with Crippen molar-refractivity contribution >= 4 is 33.7 Å². The Hall–Kier alpha value is -2.47. The molecule has 1 aromatic rings. The summed E-state index contributed by atoms with van der Waals surface area (Å²) in [6.07, 6.45) is 7.68. The van der Waals surface area contributed by atoms with Gasteiger partial charge >= 0.3 is 11.9 Å². The summed E-state index contributed by atoms with van der Waals surface area (Å²) >= 11 is 3.36. The van der Waals surface area contributed by atoms with Gasteiger partial charge in [0.2, 0.25) is 0 Å². The number of benzene rings is 1. The van der Waals surface area contributed by atoms with Gasteiger partial charge in [-0.1, -0.05) is 29.4 Å². The molecular weight excluding hydrogens is 460 g/mol. The Bertz CT molecular complexity index is 970. The van der Waals surface area contributed by atoms with Crippen LogP contribution >= 0.6 is 15.9 Å². The van der Waals surface area contributed by atoms with Crippen molar-refractivity contribution in [3.8, 4) is 0 Å². The molecule has 0 saturated carbocycles. The Kier molecular flexibility index (Phi) is 7.31. The van der Waals surface area contributed by atoms with Crippen LogP contribution in [-0.2, 0) is 19.1 Å². The maximum Gasteiger partial charge on any atom is 0.339 e. The van der Waals surface area contributed by atoms with Crippen LogP contribution in [0.4, 0.5) is 0 Å². The van der Waals surface area contributed by atoms with Crippen LogP contribution in [0.1, 0.15) is 56.8 Å². The number of carbonyl (C=O) groups excluding carboxylic acids is 3. The van der Waals surface area contributed by atoms with Gasteiger partial charge < -0.3 is 9.47 Å².